The number of benzene rings is 2. The van der Waals surface area contributed by atoms with Gasteiger partial charge >= 0.3 is 0 Å². The number of aryl methyl sites for hydroxylation is 1. The minimum atomic E-state index is 0.492. The summed E-state index contributed by atoms with van der Waals surface area (Å²) in [5, 5.41) is 4.68. The van der Waals surface area contributed by atoms with Crippen molar-refractivity contribution in [1.82, 2.24) is 5.32 Å². The predicted molar refractivity (Wildman–Crippen MR) is 112 cm³/mol. The average molecular weight is 394 g/mol. The monoisotopic (exact) mass is 393 g/mol. The van der Waals surface area contributed by atoms with E-state index in [4.69, 9.17) is 27.9 Å². The number of ether oxygens (including phenoxy) is 1. The number of nitrogens with one attached hydrogen (secondary N) is 1. The Kier molecular flexibility index (Phi) is 9.31. The molecule has 4 heteroatoms. The van der Waals surface area contributed by atoms with Crippen LogP contribution in [-0.4, -0.2) is 6.54 Å². The molecular formula is C22H29Cl2NO. The predicted octanol–water partition coefficient (Wildman–Crippen LogP) is 6.94. The van der Waals surface area contributed by atoms with Crippen molar-refractivity contribution in [1.29, 1.82) is 0 Å². The maximum atomic E-state index is 6.39. The zero-order chi connectivity index (χ0) is 18.8. The van der Waals surface area contributed by atoms with Gasteiger partial charge in [-0.3, -0.25) is 0 Å². The Morgan fingerprint density at radius 1 is 0.962 bits per heavy atom. The molecule has 2 aromatic carbocycles. The van der Waals surface area contributed by atoms with Crippen LogP contribution in [0.15, 0.2) is 36.4 Å². The highest BCUT2D eigenvalue weighted by molar-refractivity contribution is 6.35. The van der Waals surface area contributed by atoms with Crippen LogP contribution in [0.25, 0.3) is 0 Å². The number of hydrogen-bond donors (Lipinski definition) is 1. The fourth-order valence-corrected chi connectivity index (χ4v) is 3.41. The molecule has 0 aliphatic rings. The van der Waals surface area contributed by atoms with Gasteiger partial charge in [-0.25, -0.2) is 0 Å². The van der Waals surface area contributed by atoms with E-state index in [0.29, 0.717) is 23.2 Å². The molecule has 0 aromatic heterocycles. The van der Waals surface area contributed by atoms with E-state index in [0.717, 1.165) is 23.4 Å². The van der Waals surface area contributed by atoms with Gasteiger partial charge < -0.3 is 10.1 Å². The van der Waals surface area contributed by atoms with Crippen LogP contribution in [0.4, 0.5) is 0 Å². The van der Waals surface area contributed by atoms with E-state index in [9.17, 15) is 0 Å². The fourth-order valence-electron chi connectivity index (χ4n) is 2.82. The molecule has 0 fully saturated rings. The highest BCUT2D eigenvalue weighted by Gasteiger charge is 2.11. The van der Waals surface area contributed by atoms with Crippen LogP contribution >= 0.6 is 23.2 Å². The molecule has 26 heavy (non-hydrogen) atoms. The molecule has 0 heterocycles. The highest BCUT2D eigenvalue weighted by Crippen LogP contribution is 2.33. The second kappa shape index (κ2) is 11.5. The summed E-state index contributed by atoms with van der Waals surface area (Å²) >= 11 is 12.6. The molecule has 0 saturated carbocycles. The normalized spacial score (nSPS) is 10.9. The van der Waals surface area contributed by atoms with E-state index in [2.05, 4.69) is 43.4 Å². The molecule has 0 atom stereocenters. The SMILES string of the molecule is CCCCCCCNCc1cc(Cl)cc(Cl)c1OCc1ccc(C)cc1. The summed E-state index contributed by atoms with van der Waals surface area (Å²) in [6.07, 6.45) is 6.37. The van der Waals surface area contributed by atoms with Crippen molar-refractivity contribution in [2.45, 2.75) is 59.1 Å². The van der Waals surface area contributed by atoms with Gasteiger partial charge in [-0.1, -0.05) is 85.6 Å². The van der Waals surface area contributed by atoms with Crippen LogP contribution in [-0.2, 0) is 13.2 Å². The summed E-state index contributed by atoms with van der Waals surface area (Å²) in [6, 6.07) is 12.0. The lowest BCUT2D eigenvalue weighted by Crippen LogP contribution is -2.15. The molecule has 0 aliphatic heterocycles. The molecule has 0 spiro atoms. The van der Waals surface area contributed by atoms with Crippen LogP contribution in [0.1, 0.15) is 55.7 Å². The number of hydrogen-bond acceptors (Lipinski definition) is 2. The lowest BCUT2D eigenvalue weighted by atomic mass is 10.1. The Balaban J connectivity index is 1.91. The van der Waals surface area contributed by atoms with Crippen molar-refractivity contribution in [2.24, 2.45) is 0 Å². The first kappa shape index (κ1) is 21.1. The van der Waals surface area contributed by atoms with Gasteiger partial charge in [0.15, 0.2) is 0 Å². The third kappa shape index (κ3) is 7.19. The van der Waals surface area contributed by atoms with Gasteiger partial charge in [0.05, 0.1) is 5.02 Å². The van der Waals surface area contributed by atoms with Gasteiger partial charge in [0.25, 0.3) is 0 Å². The molecular weight excluding hydrogens is 365 g/mol. The van der Waals surface area contributed by atoms with Crippen molar-refractivity contribution in [3.8, 4) is 5.75 Å². The Hall–Kier alpha value is -1.22. The second-order valence-electron chi connectivity index (χ2n) is 6.74. The Labute approximate surface area is 167 Å². The largest absolute Gasteiger partial charge is 0.487 e. The van der Waals surface area contributed by atoms with E-state index in [1.807, 2.05) is 6.07 Å². The van der Waals surface area contributed by atoms with Crippen LogP contribution in [0, 0.1) is 6.92 Å². The molecule has 142 valence electrons. The van der Waals surface area contributed by atoms with Gasteiger partial charge in [0, 0.05) is 17.1 Å². The van der Waals surface area contributed by atoms with Crippen LogP contribution < -0.4 is 10.1 Å². The lowest BCUT2D eigenvalue weighted by molar-refractivity contribution is 0.302. The minimum absolute atomic E-state index is 0.492. The van der Waals surface area contributed by atoms with Crippen LogP contribution in [0.2, 0.25) is 10.0 Å². The summed E-state index contributed by atoms with van der Waals surface area (Å²) in [5.74, 6) is 0.718. The summed E-state index contributed by atoms with van der Waals surface area (Å²) in [7, 11) is 0. The molecule has 0 unspecified atom stereocenters. The van der Waals surface area contributed by atoms with E-state index in [1.54, 1.807) is 6.07 Å². The van der Waals surface area contributed by atoms with Crippen molar-refractivity contribution >= 4 is 23.2 Å². The summed E-state index contributed by atoms with van der Waals surface area (Å²) in [5.41, 5.74) is 3.36. The van der Waals surface area contributed by atoms with E-state index >= 15 is 0 Å². The summed E-state index contributed by atoms with van der Waals surface area (Å²) in [4.78, 5) is 0. The molecule has 0 radical (unpaired) electrons. The third-order valence-electron chi connectivity index (χ3n) is 4.36. The van der Waals surface area contributed by atoms with Gasteiger partial charge in [0.2, 0.25) is 0 Å². The molecule has 0 amide bonds. The standard InChI is InChI=1S/C22H29Cl2NO/c1-3-4-5-6-7-12-25-15-19-13-20(23)14-21(24)22(19)26-16-18-10-8-17(2)9-11-18/h8-11,13-14,25H,3-7,12,15-16H2,1-2H3. The molecule has 0 aliphatic carbocycles. The molecule has 0 bridgehead atoms. The maximum absolute atomic E-state index is 6.39. The molecule has 1 N–H and O–H groups in total. The topological polar surface area (TPSA) is 21.3 Å². The lowest BCUT2D eigenvalue weighted by Gasteiger charge is -2.15. The van der Waals surface area contributed by atoms with Crippen molar-refractivity contribution < 1.29 is 4.74 Å². The average Bonchev–Trinajstić information content (AvgIpc) is 2.61. The number of unbranched alkanes of at least 4 members (excludes halogenated alkanes) is 4. The highest BCUT2D eigenvalue weighted by atomic mass is 35.5. The van der Waals surface area contributed by atoms with Gasteiger partial charge in [-0.05, 0) is 37.6 Å². The van der Waals surface area contributed by atoms with Gasteiger partial charge in [0.1, 0.15) is 12.4 Å². The maximum Gasteiger partial charge on any atom is 0.142 e. The molecule has 2 nitrogen and oxygen atoms in total. The van der Waals surface area contributed by atoms with E-state index in [1.165, 1.54) is 37.7 Å². The first-order valence-electron chi connectivity index (χ1n) is 9.47. The number of halogens is 2. The number of rotatable bonds is 11. The Morgan fingerprint density at radius 2 is 1.69 bits per heavy atom. The van der Waals surface area contributed by atoms with E-state index < -0.39 is 0 Å². The van der Waals surface area contributed by atoms with Crippen molar-refractivity contribution in [3.05, 3.63) is 63.1 Å². The third-order valence-corrected chi connectivity index (χ3v) is 4.86. The fraction of sp³-hybridized carbons (Fsp3) is 0.455. The molecule has 0 saturated heterocycles. The van der Waals surface area contributed by atoms with Gasteiger partial charge in [-0.2, -0.15) is 0 Å². The zero-order valence-corrected chi connectivity index (χ0v) is 17.3. The Bertz CT molecular complexity index is 671. The van der Waals surface area contributed by atoms with E-state index in [-0.39, 0.29) is 0 Å². The molecule has 2 rings (SSSR count). The van der Waals surface area contributed by atoms with Crippen LogP contribution in [0.5, 0.6) is 5.75 Å². The summed E-state index contributed by atoms with van der Waals surface area (Å²) < 4.78 is 6.03. The Morgan fingerprint density at radius 3 is 2.42 bits per heavy atom. The van der Waals surface area contributed by atoms with Gasteiger partial charge in [-0.15, -0.1) is 0 Å². The van der Waals surface area contributed by atoms with Crippen molar-refractivity contribution in [3.63, 3.8) is 0 Å². The smallest absolute Gasteiger partial charge is 0.142 e. The zero-order valence-electron chi connectivity index (χ0n) is 15.8. The quantitative estimate of drug-likeness (QED) is 0.417. The van der Waals surface area contributed by atoms with Crippen molar-refractivity contribution in [2.75, 3.05) is 6.54 Å². The second-order valence-corrected chi connectivity index (χ2v) is 7.58. The first-order chi connectivity index (χ1) is 12.6. The summed E-state index contributed by atoms with van der Waals surface area (Å²) in [6.45, 7) is 6.50. The minimum Gasteiger partial charge on any atom is -0.487 e. The van der Waals surface area contributed by atoms with Crippen LogP contribution in [0.3, 0.4) is 0 Å². The molecule has 2 aromatic rings. The first-order valence-corrected chi connectivity index (χ1v) is 10.2.